The van der Waals surface area contributed by atoms with Crippen LogP contribution in [-0.4, -0.2) is 38.0 Å². The number of hydrogen-bond acceptors (Lipinski definition) is 6. The van der Waals surface area contributed by atoms with Crippen LogP contribution >= 0.6 is 23.4 Å². The normalized spacial score (nSPS) is 10.9. The number of carbonyl (C=O) groups is 1. The fraction of sp³-hybridized carbons (Fsp3) is 0.0909. The molecule has 0 radical (unpaired) electrons. The van der Waals surface area contributed by atoms with Crippen molar-refractivity contribution in [2.75, 3.05) is 11.1 Å². The second-order valence-corrected chi connectivity index (χ2v) is 7.94. The van der Waals surface area contributed by atoms with Crippen LogP contribution in [0, 0.1) is 0 Å². The standard InChI is InChI=1S/C22H16ClF2N5O2S/c23-15-5-7-16(8-6-15)30-20(14-9-11-26-12-10-14)28-29-22(30)33-13-19(31)27-17-3-1-2-4-18(17)32-21(24)25/h1-12,21H,13H2,(H,27,31). The maximum atomic E-state index is 12.6. The number of benzene rings is 2. The molecule has 0 spiro atoms. The number of para-hydroxylation sites is 2. The van der Waals surface area contributed by atoms with Gasteiger partial charge in [0.2, 0.25) is 5.91 Å². The Bertz CT molecular complexity index is 1240. The number of alkyl halides is 2. The molecule has 0 fully saturated rings. The fourth-order valence-electron chi connectivity index (χ4n) is 2.96. The highest BCUT2D eigenvalue weighted by molar-refractivity contribution is 7.99. The lowest BCUT2D eigenvalue weighted by atomic mass is 10.2. The third kappa shape index (κ3) is 5.65. The van der Waals surface area contributed by atoms with Gasteiger partial charge in [-0.3, -0.25) is 14.3 Å². The number of hydrogen-bond donors (Lipinski definition) is 1. The van der Waals surface area contributed by atoms with Crippen molar-refractivity contribution < 1.29 is 18.3 Å². The summed E-state index contributed by atoms with van der Waals surface area (Å²) in [5.74, 6) is 0.000316. The summed E-state index contributed by atoms with van der Waals surface area (Å²) in [6.45, 7) is -3.00. The van der Waals surface area contributed by atoms with E-state index in [-0.39, 0.29) is 17.2 Å². The monoisotopic (exact) mass is 487 g/mol. The molecule has 1 amide bonds. The van der Waals surface area contributed by atoms with Gasteiger partial charge < -0.3 is 10.1 Å². The van der Waals surface area contributed by atoms with Crippen LogP contribution in [-0.2, 0) is 4.79 Å². The van der Waals surface area contributed by atoms with Gasteiger partial charge in [0.1, 0.15) is 5.75 Å². The van der Waals surface area contributed by atoms with Crippen molar-refractivity contribution in [2.24, 2.45) is 0 Å². The van der Waals surface area contributed by atoms with E-state index in [1.54, 1.807) is 47.3 Å². The predicted molar refractivity (Wildman–Crippen MR) is 122 cm³/mol. The Morgan fingerprint density at radius 1 is 1.06 bits per heavy atom. The number of aromatic nitrogens is 4. The Hall–Kier alpha value is -3.50. The van der Waals surface area contributed by atoms with E-state index in [1.165, 1.54) is 18.2 Å². The number of nitrogens with one attached hydrogen (secondary N) is 1. The molecular weight excluding hydrogens is 472 g/mol. The zero-order valence-corrected chi connectivity index (χ0v) is 18.4. The highest BCUT2D eigenvalue weighted by Gasteiger charge is 2.18. The number of ether oxygens (including phenoxy) is 1. The second-order valence-electron chi connectivity index (χ2n) is 6.57. The molecule has 11 heteroatoms. The summed E-state index contributed by atoms with van der Waals surface area (Å²) in [4.78, 5) is 16.6. The molecule has 0 atom stereocenters. The number of halogens is 3. The van der Waals surface area contributed by atoms with E-state index in [4.69, 9.17) is 11.6 Å². The predicted octanol–water partition coefficient (Wildman–Crippen LogP) is 5.31. The Morgan fingerprint density at radius 2 is 1.79 bits per heavy atom. The van der Waals surface area contributed by atoms with Gasteiger partial charge in [0.05, 0.1) is 11.4 Å². The molecule has 33 heavy (non-hydrogen) atoms. The number of anilines is 1. The van der Waals surface area contributed by atoms with E-state index in [2.05, 4.69) is 25.2 Å². The summed E-state index contributed by atoms with van der Waals surface area (Å²) in [6.07, 6.45) is 3.30. The van der Waals surface area contributed by atoms with E-state index >= 15 is 0 Å². The molecular formula is C22H16ClF2N5O2S. The second kappa shape index (κ2) is 10.4. The first-order chi connectivity index (χ1) is 16.0. The first-order valence-electron chi connectivity index (χ1n) is 9.59. The third-order valence-electron chi connectivity index (χ3n) is 4.37. The van der Waals surface area contributed by atoms with Gasteiger partial charge in [0, 0.05) is 28.7 Å². The maximum absolute atomic E-state index is 12.6. The summed E-state index contributed by atoms with van der Waals surface area (Å²) >= 11 is 7.18. The lowest BCUT2D eigenvalue weighted by molar-refractivity contribution is -0.113. The van der Waals surface area contributed by atoms with Crippen molar-refractivity contribution in [3.8, 4) is 22.8 Å². The fourth-order valence-corrected chi connectivity index (χ4v) is 3.84. The highest BCUT2D eigenvalue weighted by atomic mass is 35.5. The Balaban J connectivity index is 1.56. The number of nitrogens with zero attached hydrogens (tertiary/aromatic N) is 4. The highest BCUT2D eigenvalue weighted by Crippen LogP contribution is 2.29. The van der Waals surface area contributed by atoms with Gasteiger partial charge >= 0.3 is 6.61 Å². The molecule has 2 aromatic carbocycles. The molecule has 0 aliphatic heterocycles. The van der Waals surface area contributed by atoms with E-state index < -0.39 is 12.5 Å². The Morgan fingerprint density at radius 3 is 2.52 bits per heavy atom. The molecule has 4 rings (SSSR count). The van der Waals surface area contributed by atoms with Gasteiger partial charge in [0.25, 0.3) is 0 Å². The number of thioether (sulfide) groups is 1. The largest absolute Gasteiger partial charge is 0.433 e. The molecule has 0 saturated carbocycles. The minimum atomic E-state index is -3.00. The van der Waals surface area contributed by atoms with Crippen LogP contribution < -0.4 is 10.1 Å². The van der Waals surface area contributed by atoms with Crippen LogP contribution in [0.3, 0.4) is 0 Å². The quantitative estimate of drug-likeness (QED) is 0.339. The topological polar surface area (TPSA) is 81.9 Å². The van der Waals surface area contributed by atoms with Gasteiger partial charge in [-0.1, -0.05) is 35.5 Å². The summed E-state index contributed by atoms with van der Waals surface area (Å²) in [7, 11) is 0. The molecule has 168 valence electrons. The molecule has 2 aromatic heterocycles. The van der Waals surface area contributed by atoms with Crippen molar-refractivity contribution in [1.29, 1.82) is 0 Å². The van der Waals surface area contributed by atoms with Crippen molar-refractivity contribution in [1.82, 2.24) is 19.7 Å². The van der Waals surface area contributed by atoms with Gasteiger partial charge in [-0.2, -0.15) is 8.78 Å². The molecule has 7 nitrogen and oxygen atoms in total. The molecule has 0 saturated heterocycles. The van der Waals surface area contributed by atoms with Crippen LogP contribution in [0.2, 0.25) is 5.02 Å². The van der Waals surface area contributed by atoms with E-state index in [9.17, 15) is 13.6 Å². The Labute approximate surface area is 196 Å². The van der Waals surface area contributed by atoms with Gasteiger partial charge in [-0.15, -0.1) is 10.2 Å². The van der Waals surface area contributed by atoms with Crippen LogP contribution in [0.25, 0.3) is 17.1 Å². The molecule has 4 aromatic rings. The first-order valence-corrected chi connectivity index (χ1v) is 11.0. The summed E-state index contributed by atoms with van der Waals surface area (Å²) in [5.41, 5.74) is 1.71. The first kappa shape index (κ1) is 22.7. The molecule has 0 aliphatic carbocycles. The number of pyridine rings is 1. The average molecular weight is 488 g/mol. The molecule has 0 aliphatic rings. The lowest BCUT2D eigenvalue weighted by Crippen LogP contribution is -2.16. The molecule has 0 unspecified atom stereocenters. The Kier molecular flexibility index (Phi) is 7.16. The SMILES string of the molecule is O=C(CSc1nnc(-c2ccncc2)n1-c1ccc(Cl)cc1)Nc1ccccc1OC(F)F. The minimum absolute atomic E-state index is 0.0366. The van der Waals surface area contributed by atoms with E-state index in [1.807, 2.05) is 12.1 Å². The van der Waals surface area contributed by atoms with Gasteiger partial charge in [-0.05, 0) is 48.5 Å². The number of carbonyl (C=O) groups excluding carboxylic acids is 1. The van der Waals surface area contributed by atoms with Crippen LogP contribution in [0.5, 0.6) is 5.75 Å². The van der Waals surface area contributed by atoms with Crippen molar-refractivity contribution >= 4 is 35.0 Å². The van der Waals surface area contributed by atoms with Gasteiger partial charge in [0.15, 0.2) is 11.0 Å². The molecule has 0 bridgehead atoms. The average Bonchev–Trinajstić information content (AvgIpc) is 3.24. The van der Waals surface area contributed by atoms with Crippen LogP contribution in [0.15, 0.2) is 78.2 Å². The lowest BCUT2D eigenvalue weighted by Gasteiger charge is -2.12. The van der Waals surface area contributed by atoms with E-state index in [0.717, 1.165) is 23.0 Å². The molecule has 1 N–H and O–H groups in total. The van der Waals surface area contributed by atoms with E-state index in [0.29, 0.717) is 16.0 Å². The smallest absolute Gasteiger partial charge is 0.387 e. The third-order valence-corrected chi connectivity index (χ3v) is 5.55. The summed E-state index contributed by atoms with van der Waals surface area (Å²) in [5, 5.41) is 12.2. The summed E-state index contributed by atoms with van der Waals surface area (Å²) in [6, 6.07) is 16.7. The van der Waals surface area contributed by atoms with Crippen LogP contribution in [0.1, 0.15) is 0 Å². The maximum Gasteiger partial charge on any atom is 0.387 e. The zero-order valence-electron chi connectivity index (χ0n) is 16.9. The molecule has 2 heterocycles. The summed E-state index contributed by atoms with van der Waals surface area (Å²) < 4.78 is 31.5. The zero-order chi connectivity index (χ0) is 23.2. The number of rotatable bonds is 8. The van der Waals surface area contributed by atoms with Crippen LogP contribution in [0.4, 0.5) is 14.5 Å². The van der Waals surface area contributed by atoms with Crippen molar-refractivity contribution in [3.63, 3.8) is 0 Å². The van der Waals surface area contributed by atoms with Crippen molar-refractivity contribution in [3.05, 3.63) is 78.1 Å². The minimum Gasteiger partial charge on any atom is -0.433 e. The number of amides is 1. The van der Waals surface area contributed by atoms with Crippen molar-refractivity contribution in [2.45, 2.75) is 11.8 Å². The van der Waals surface area contributed by atoms with Gasteiger partial charge in [-0.25, -0.2) is 0 Å².